The SMILES string of the molecule is CC(C)C(C)S(=O)(=O)C1CCC(N)C1C. The molecule has 0 amide bonds. The standard InChI is InChI=1S/C11H23NO2S/c1-7(2)9(4)15(13,14)11-6-5-10(12)8(11)3/h7-11H,5-6,12H2,1-4H3. The summed E-state index contributed by atoms with van der Waals surface area (Å²) in [7, 11) is -3.00. The van der Waals surface area contributed by atoms with Crippen molar-refractivity contribution in [2.75, 3.05) is 0 Å². The lowest BCUT2D eigenvalue weighted by Crippen LogP contribution is -2.38. The van der Waals surface area contributed by atoms with E-state index in [9.17, 15) is 8.42 Å². The van der Waals surface area contributed by atoms with E-state index in [2.05, 4.69) is 0 Å². The van der Waals surface area contributed by atoms with Crippen LogP contribution in [-0.4, -0.2) is 25.0 Å². The van der Waals surface area contributed by atoms with Crippen LogP contribution in [0.25, 0.3) is 0 Å². The number of hydrogen-bond donors (Lipinski definition) is 1. The fraction of sp³-hybridized carbons (Fsp3) is 1.00. The number of hydrogen-bond acceptors (Lipinski definition) is 3. The zero-order valence-electron chi connectivity index (χ0n) is 10.1. The van der Waals surface area contributed by atoms with Gasteiger partial charge in [-0.2, -0.15) is 0 Å². The summed E-state index contributed by atoms with van der Waals surface area (Å²) in [6.07, 6.45) is 1.58. The van der Waals surface area contributed by atoms with Crippen LogP contribution in [0.3, 0.4) is 0 Å². The van der Waals surface area contributed by atoms with Gasteiger partial charge in [0.25, 0.3) is 0 Å². The molecule has 90 valence electrons. The van der Waals surface area contributed by atoms with Crippen LogP contribution in [0.15, 0.2) is 0 Å². The Morgan fingerprint density at radius 1 is 1.20 bits per heavy atom. The van der Waals surface area contributed by atoms with Gasteiger partial charge in [-0.3, -0.25) is 0 Å². The summed E-state index contributed by atoms with van der Waals surface area (Å²) >= 11 is 0. The Morgan fingerprint density at radius 2 is 1.73 bits per heavy atom. The third-order valence-corrected chi connectivity index (χ3v) is 7.02. The molecule has 1 aliphatic carbocycles. The molecule has 0 aromatic carbocycles. The Morgan fingerprint density at radius 3 is 2.07 bits per heavy atom. The Kier molecular flexibility index (Phi) is 3.82. The largest absolute Gasteiger partial charge is 0.327 e. The van der Waals surface area contributed by atoms with Crippen LogP contribution in [0.4, 0.5) is 0 Å². The van der Waals surface area contributed by atoms with Gasteiger partial charge in [-0.05, 0) is 31.6 Å². The lowest BCUT2D eigenvalue weighted by atomic mass is 10.1. The highest BCUT2D eigenvalue weighted by Crippen LogP contribution is 2.33. The molecule has 0 radical (unpaired) electrons. The van der Waals surface area contributed by atoms with Gasteiger partial charge in [0, 0.05) is 6.04 Å². The van der Waals surface area contributed by atoms with E-state index < -0.39 is 9.84 Å². The highest BCUT2D eigenvalue weighted by molar-refractivity contribution is 7.92. The van der Waals surface area contributed by atoms with E-state index in [4.69, 9.17) is 5.73 Å². The molecule has 0 bridgehead atoms. The molecule has 0 aliphatic heterocycles. The summed E-state index contributed by atoms with van der Waals surface area (Å²) in [5, 5.41) is -0.472. The van der Waals surface area contributed by atoms with Crippen molar-refractivity contribution in [1.29, 1.82) is 0 Å². The van der Waals surface area contributed by atoms with Crippen LogP contribution in [0.1, 0.15) is 40.5 Å². The highest BCUT2D eigenvalue weighted by atomic mass is 32.2. The Hall–Kier alpha value is -0.0900. The van der Waals surface area contributed by atoms with Crippen molar-refractivity contribution in [3.8, 4) is 0 Å². The monoisotopic (exact) mass is 233 g/mol. The fourth-order valence-electron chi connectivity index (χ4n) is 2.28. The minimum atomic E-state index is -3.00. The maximum absolute atomic E-state index is 12.3. The topological polar surface area (TPSA) is 60.2 Å². The first kappa shape index (κ1) is 13.0. The van der Waals surface area contributed by atoms with Crippen LogP contribution in [0, 0.1) is 11.8 Å². The molecule has 4 unspecified atom stereocenters. The minimum absolute atomic E-state index is 0.0594. The van der Waals surface area contributed by atoms with Gasteiger partial charge in [0.2, 0.25) is 0 Å². The zero-order chi connectivity index (χ0) is 11.8. The van der Waals surface area contributed by atoms with Crippen LogP contribution >= 0.6 is 0 Å². The molecule has 0 saturated heterocycles. The van der Waals surface area contributed by atoms with Crippen LogP contribution in [-0.2, 0) is 9.84 Å². The fourth-order valence-corrected chi connectivity index (χ4v) is 4.85. The van der Waals surface area contributed by atoms with Crippen molar-refractivity contribution in [2.45, 2.75) is 57.1 Å². The summed E-state index contributed by atoms with van der Waals surface area (Å²) in [5.41, 5.74) is 5.88. The van der Waals surface area contributed by atoms with Crippen LogP contribution in [0.5, 0.6) is 0 Å². The molecule has 0 heterocycles. The maximum Gasteiger partial charge on any atom is 0.156 e. The molecule has 0 aromatic rings. The van der Waals surface area contributed by atoms with Gasteiger partial charge in [-0.25, -0.2) is 8.42 Å². The summed E-state index contributed by atoms with van der Waals surface area (Å²) < 4.78 is 24.5. The predicted octanol–water partition coefficient (Wildman–Crippen LogP) is 1.57. The van der Waals surface area contributed by atoms with Gasteiger partial charge < -0.3 is 5.73 Å². The van der Waals surface area contributed by atoms with Gasteiger partial charge in [-0.15, -0.1) is 0 Å². The predicted molar refractivity (Wildman–Crippen MR) is 63.4 cm³/mol. The number of nitrogens with two attached hydrogens (primary N) is 1. The Labute approximate surface area is 93.3 Å². The summed E-state index contributed by atoms with van der Waals surface area (Å²) in [5.74, 6) is 0.287. The van der Waals surface area contributed by atoms with E-state index in [-0.39, 0.29) is 28.4 Å². The van der Waals surface area contributed by atoms with E-state index in [1.807, 2.05) is 27.7 Å². The van der Waals surface area contributed by atoms with E-state index in [0.29, 0.717) is 0 Å². The third-order valence-electron chi connectivity index (χ3n) is 3.93. The smallest absolute Gasteiger partial charge is 0.156 e. The summed E-state index contributed by atoms with van der Waals surface area (Å²) in [6.45, 7) is 7.70. The van der Waals surface area contributed by atoms with Crippen molar-refractivity contribution in [2.24, 2.45) is 17.6 Å². The molecule has 15 heavy (non-hydrogen) atoms. The zero-order valence-corrected chi connectivity index (χ0v) is 10.9. The normalized spacial score (nSPS) is 34.7. The van der Waals surface area contributed by atoms with E-state index in [0.717, 1.165) is 12.8 Å². The van der Waals surface area contributed by atoms with E-state index in [1.54, 1.807) is 0 Å². The Balaban J connectivity index is 2.88. The summed E-state index contributed by atoms with van der Waals surface area (Å²) in [4.78, 5) is 0. The molecule has 3 nitrogen and oxygen atoms in total. The van der Waals surface area contributed by atoms with Crippen LogP contribution < -0.4 is 5.73 Å². The second kappa shape index (κ2) is 4.42. The second-order valence-electron chi connectivity index (χ2n) is 5.18. The molecule has 1 rings (SSSR count). The van der Waals surface area contributed by atoms with Gasteiger partial charge in [0.05, 0.1) is 10.5 Å². The molecule has 1 fully saturated rings. The third kappa shape index (κ3) is 2.36. The number of sulfone groups is 1. The molecular weight excluding hydrogens is 210 g/mol. The molecule has 1 saturated carbocycles. The molecule has 1 aliphatic rings. The van der Waals surface area contributed by atoms with Gasteiger partial charge in [0.1, 0.15) is 0 Å². The van der Waals surface area contributed by atoms with Gasteiger partial charge in [0.15, 0.2) is 9.84 Å². The maximum atomic E-state index is 12.3. The first-order valence-corrected chi connectivity index (χ1v) is 7.37. The first-order valence-electron chi connectivity index (χ1n) is 5.76. The summed E-state index contributed by atoms with van der Waals surface area (Å²) in [6, 6.07) is 0.0594. The highest BCUT2D eigenvalue weighted by Gasteiger charge is 2.42. The Bertz CT molecular complexity index is 311. The minimum Gasteiger partial charge on any atom is -0.327 e. The molecule has 0 spiro atoms. The molecule has 4 atom stereocenters. The number of rotatable bonds is 3. The quantitative estimate of drug-likeness (QED) is 0.805. The van der Waals surface area contributed by atoms with Crippen LogP contribution in [0.2, 0.25) is 0 Å². The van der Waals surface area contributed by atoms with Crippen molar-refractivity contribution in [1.82, 2.24) is 0 Å². The average molecular weight is 233 g/mol. The van der Waals surface area contributed by atoms with E-state index in [1.165, 1.54) is 0 Å². The van der Waals surface area contributed by atoms with Gasteiger partial charge >= 0.3 is 0 Å². The average Bonchev–Trinajstić information content (AvgIpc) is 2.46. The second-order valence-corrected chi connectivity index (χ2v) is 7.70. The van der Waals surface area contributed by atoms with Crippen molar-refractivity contribution in [3.63, 3.8) is 0 Å². The molecule has 2 N–H and O–H groups in total. The van der Waals surface area contributed by atoms with Gasteiger partial charge in [-0.1, -0.05) is 20.8 Å². The van der Waals surface area contributed by atoms with Crippen molar-refractivity contribution in [3.05, 3.63) is 0 Å². The molecule has 0 aromatic heterocycles. The van der Waals surface area contributed by atoms with Crippen molar-refractivity contribution >= 4 is 9.84 Å². The molecular formula is C11H23NO2S. The van der Waals surface area contributed by atoms with E-state index >= 15 is 0 Å². The lowest BCUT2D eigenvalue weighted by Gasteiger charge is -2.24. The molecule has 4 heteroatoms. The lowest BCUT2D eigenvalue weighted by molar-refractivity contribution is 0.488. The first-order chi connectivity index (χ1) is 6.78. The van der Waals surface area contributed by atoms with Crippen molar-refractivity contribution < 1.29 is 8.42 Å².